The fourth-order valence-corrected chi connectivity index (χ4v) is 2.41. The van der Waals surface area contributed by atoms with Crippen molar-refractivity contribution in [1.82, 2.24) is 0 Å². The van der Waals surface area contributed by atoms with Crippen molar-refractivity contribution in [3.63, 3.8) is 0 Å². The largest absolute Gasteiger partial charge is 0.488 e. The number of halogens is 1. The zero-order valence-electron chi connectivity index (χ0n) is 10.9. The van der Waals surface area contributed by atoms with Crippen LogP contribution in [0.2, 0.25) is 0 Å². The summed E-state index contributed by atoms with van der Waals surface area (Å²) in [6.07, 6.45) is 0. The van der Waals surface area contributed by atoms with Gasteiger partial charge in [-0.25, -0.2) is 0 Å². The quantitative estimate of drug-likeness (QED) is 0.599. The first-order chi connectivity index (χ1) is 9.61. The number of benzene rings is 2. The van der Waals surface area contributed by atoms with Crippen LogP contribution in [0, 0.1) is 14.9 Å². The van der Waals surface area contributed by atoms with Crippen LogP contribution < -0.4 is 4.74 Å². The fraction of sp³-hybridized carbons (Fsp3) is 0.125. The Labute approximate surface area is 131 Å². The van der Waals surface area contributed by atoms with E-state index in [0.29, 0.717) is 23.5 Å². The number of nitrogens with zero attached hydrogens (tertiary/aromatic N) is 1. The molecule has 4 heteroatoms. The highest BCUT2D eigenvalue weighted by Gasteiger charge is 2.12. The number of nitriles is 1. The van der Waals surface area contributed by atoms with E-state index in [0.717, 1.165) is 9.13 Å². The lowest BCUT2D eigenvalue weighted by molar-refractivity contribution is 0.101. The monoisotopic (exact) mass is 377 g/mol. The molecule has 2 aromatic rings. The summed E-state index contributed by atoms with van der Waals surface area (Å²) in [7, 11) is 0. The molecule has 0 N–H and O–H groups in total. The van der Waals surface area contributed by atoms with Gasteiger partial charge in [0.1, 0.15) is 18.4 Å². The highest BCUT2D eigenvalue weighted by Crippen LogP contribution is 2.26. The van der Waals surface area contributed by atoms with Gasteiger partial charge < -0.3 is 4.74 Å². The van der Waals surface area contributed by atoms with Gasteiger partial charge in [-0.1, -0.05) is 30.3 Å². The van der Waals surface area contributed by atoms with Crippen LogP contribution in [0.5, 0.6) is 5.75 Å². The normalized spacial score (nSPS) is 9.85. The zero-order chi connectivity index (χ0) is 14.5. The van der Waals surface area contributed by atoms with Gasteiger partial charge in [0.15, 0.2) is 5.78 Å². The summed E-state index contributed by atoms with van der Waals surface area (Å²) in [4.78, 5) is 11.5. The average molecular weight is 377 g/mol. The molecule has 0 unspecified atom stereocenters. The summed E-state index contributed by atoms with van der Waals surface area (Å²) in [5.74, 6) is 0.505. The molecular weight excluding hydrogens is 365 g/mol. The van der Waals surface area contributed by atoms with E-state index in [1.807, 2.05) is 36.4 Å². The lowest BCUT2D eigenvalue weighted by Gasteiger charge is -2.10. The van der Waals surface area contributed by atoms with Crippen LogP contribution >= 0.6 is 22.6 Å². The number of Topliss-reactive ketones (excluding diaryl/α,β-unsaturated/α-hetero) is 1. The van der Waals surface area contributed by atoms with Gasteiger partial charge in [0, 0.05) is 5.56 Å². The highest BCUT2D eigenvalue weighted by atomic mass is 127. The molecule has 0 bridgehead atoms. The molecule has 0 radical (unpaired) electrons. The molecule has 0 spiro atoms. The summed E-state index contributed by atoms with van der Waals surface area (Å²) in [5.41, 5.74) is 1.84. The lowest BCUT2D eigenvalue weighted by Crippen LogP contribution is -2.02. The Bertz CT molecular complexity index is 675. The molecule has 0 saturated carbocycles. The van der Waals surface area contributed by atoms with E-state index >= 15 is 0 Å². The van der Waals surface area contributed by atoms with Crippen molar-refractivity contribution in [2.45, 2.75) is 13.5 Å². The number of hydrogen-bond acceptors (Lipinski definition) is 3. The van der Waals surface area contributed by atoms with Crippen LogP contribution in [-0.4, -0.2) is 5.78 Å². The number of rotatable bonds is 4. The van der Waals surface area contributed by atoms with Crippen LogP contribution in [0.3, 0.4) is 0 Å². The van der Waals surface area contributed by atoms with Gasteiger partial charge in [-0.05, 0) is 47.2 Å². The third-order valence-corrected chi connectivity index (χ3v) is 3.65. The maximum atomic E-state index is 11.5. The molecular formula is C16H12INO2. The third-order valence-electron chi connectivity index (χ3n) is 2.81. The Morgan fingerprint density at radius 1 is 1.30 bits per heavy atom. The first-order valence-corrected chi connectivity index (χ1v) is 7.11. The predicted molar refractivity (Wildman–Crippen MR) is 84.7 cm³/mol. The minimum atomic E-state index is -0.117. The van der Waals surface area contributed by atoms with Crippen molar-refractivity contribution < 1.29 is 9.53 Å². The predicted octanol–water partition coefficient (Wildman–Crippen LogP) is 3.94. The molecule has 0 aliphatic heterocycles. The Kier molecular flexibility index (Phi) is 4.74. The van der Waals surface area contributed by atoms with Gasteiger partial charge in [-0.2, -0.15) is 5.26 Å². The van der Waals surface area contributed by atoms with E-state index < -0.39 is 0 Å². The number of carbonyl (C=O) groups is 1. The first kappa shape index (κ1) is 14.5. The molecule has 2 aromatic carbocycles. The van der Waals surface area contributed by atoms with Crippen molar-refractivity contribution in [2.24, 2.45) is 0 Å². The van der Waals surface area contributed by atoms with Crippen molar-refractivity contribution >= 4 is 28.4 Å². The van der Waals surface area contributed by atoms with E-state index in [2.05, 4.69) is 22.6 Å². The molecule has 0 heterocycles. The maximum absolute atomic E-state index is 11.5. The van der Waals surface area contributed by atoms with E-state index in [1.165, 1.54) is 6.92 Å². The van der Waals surface area contributed by atoms with Gasteiger partial charge in [0.25, 0.3) is 0 Å². The summed E-state index contributed by atoms with van der Waals surface area (Å²) in [6.45, 7) is 1.89. The second-order valence-electron chi connectivity index (χ2n) is 4.27. The molecule has 3 nitrogen and oxygen atoms in total. The van der Waals surface area contributed by atoms with Crippen LogP contribution in [0.15, 0.2) is 42.5 Å². The van der Waals surface area contributed by atoms with Crippen LogP contribution in [0.4, 0.5) is 0 Å². The van der Waals surface area contributed by atoms with Crippen molar-refractivity contribution in [3.05, 3.63) is 62.7 Å². The van der Waals surface area contributed by atoms with Crippen molar-refractivity contribution in [1.29, 1.82) is 5.26 Å². The molecule has 2 rings (SSSR count). The van der Waals surface area contributed by atoms with E-state index in [-0.39, 0.29) is 5.78 Å². The van der Waals surface area contributed by atoms with Gasteiger partial charge in [-0.3, -0.25) is 4.79 Å². The van der Waals surface area contributed by atoms with Gasteiger partial charge in [0.2, 0.25) is 0 Å². The Balaban J connectivity index is 2.25. The number of carbonyl (C=O) groups excluding carboxylic acids is 1. The molecule has 0 atom stereocenters. The van der Waals surface area contributed by atoms with Crippen LogP contribution in [0.25, 0.3) is 0 Å². The van der Waals surface area contributed by atoms with Crippen LogP contribution in [-0.2, 0) is 6.61 Å². The average Bonchev–Trinajstić information content (AvgIpc) is 2.46. The Morgan fingerprint density at radius 3 is 2.60 bits per heavy atom. The summed E-state index contributed by atoms with van der Waals surface area (Å²) >= 11 is 2.11. The smallest absolute Gasteiger partial charge is 0.161 e. The molecule has 0 aliphatic carbocycles. The zero-order valence-corrected chi connectivity index (χ0v) is 13.0. The molecule has 0 aromatic heterocycles. The van der Waals surface area contributed by atoms with Gasteiger partial charge in [0.05, 0.1) is 9.13 Å². The second kappa shape index (κ2) is 6.53. The van der Waals surface area contributed by atoms with E-state index in [9.17, 15) is 4.79 Å². The minimum Gasteiger partial charge on any atom is -0.488 e. The third kappa shape index (κ3) is 3.36. The topological polar surface area (TPSA) is 50.1 Å². The summed E-state index contributed by atoms with van der Waals surface area (Å²) in [6, 6.07) is 15.2. The SMILES string of the molecule is CC(=O)c1cc(I)c(OCc2ccccc2)cc1C#N. The number of ether oxygens (including phenoxy) is 1. The number of hydrogen-bond donors (Lipinski definition) is 0. The van der Waals surface area contributed by atoms with Gasteiger partial charge >= 0.3 is 0 Å². The maximum Gasteiger partial charge on any atom is 0.161 e. The molecule has 100 valence electrons. The lowest BCUT2D eigenvalue weighted by atomic mass is 10.1. The minimum absolute atomic E-state index is 0.117. The van der Waals surface area contributed by atoms with Gasteiger partial charge in [-0.15, -0.1) is 0 Å². The molecule has 0 fully saturated rings. The highest BCUT2D eigenvalue weighted by molar-refractivity contribution is 14.1. The first-order valence-electron chi connectivity index (χ1n) is 6.03. The molecule has 0 aliphatic rings. The molecule has 0 saturated heterocycles. The van der Waals surface area contributed by atoms with E-state index in [1.54, 1.807) is 12.1 Å². The van der Waals surface area contributed by atoms with Crippen molar-refractivity contribution in [3.8, 4) is 11.8 Å². The van der Waals surface area contributed by atoms with Crippen molar-refractivity contribution in [2.75, 3.05) is 0 Å². The fourth-order valence-electron chi connectivity index (χ4n) is 1.78. The second-order valence-corrected chi connectivity index (χ2v) is 5.43. The molecule has 20 heavy (non-hydrogen) atoms. The standard InChI is InChI=1S/C16H12INO2/c1-11(19)14-8-15(17)16(7-13(14)9-18)20-10-12-5-3-2-4-6-12/h2-8H,10H2,1H3. The van der Waals surface area contributed by atoms with Crippen LogP contribution in [0.1, 0.15) is 28.4 Å². The Morgan fingerprint density at radius 2 is 2.00 bits per heavy atom. The molecule has 0 amide bonds. The summed E-state index contributed by atoms with van der Waals surface area (Å²) in [5, 5.41) is 9.11. The number of ketones is 1. The van der Waals surface area contributed by atoms with E-state index in [4.69, 9.17) is 10.00 Å². The Hall–Kier alpha value is -1.87. The summed E-state index contributed by atoms with van der Waals surface area (Å²) < 4.78 is 6.55.